The average molecular weight is 453 g/mol. The van der Waals surface area contributed by atoms with Crippen molar-refractivity contribution < 1.29 is 23.5 Å². The van der Waals surface area contributed by atoms with Crippen LogP contribution in [0, 0.1) is 11.7 Å². The number of hydrazine groups is 1. The Morgan fingerprint density at radius 2 is 1.79 bits per heavy atom. The van der Waals surface area contributed by atoms with Crippen molar-refractivity contribution in [2.24, 2.45) is 5.92 Å². The van der Waals surface area contributed by atoms with E-state index in [1.54, 1.807) is 12.1 Å². The maximum absolute atomic E-state index is 13.7. The van der Waals surface area contributed by atoms with Crippen molar-refractivity contribution in [3.8, 4) is 11.5 Å². The van der Waals surface area contributed by atoms with Crippen LogP contribution in [0.25, 0.3) is 0 Å². The van der Waals surface area contributed by atoms with Crippen LogP contribution in [-0.4, -0.2) is 25.5 Å². The van der Waals surface area contributed by atoms with Crippen molar-refractivity contribution >= 4 is 27.7 Å². The highest BCUT2D eigenvalue weighted by Crippen LogP contribution is 2.28. The third-order valence-electron chi connectivity index (χ3n) is 3.84. The molecule has 0 saturated heterocycles. The van der Waals surface area contributed by atoms with Gasteiger partial charge in [-0.25, -0.2) is 4.39 Å². The van der Waals surface area contributed by atoms with Crippen molar-refractivity contribution in [1.82, 2.24) is 10.9 Å². The van der Waals surface area contributed by atoms with Crippen LogP contribution in [0.15, 0.2) is 40.9 Å². The highest BCUT2D eigenvalue weighted by Gasteiger charge is 2.15. The lowest BCUT2D eigenvalue weighted by molar-refractivity contribution is 0.0844. The zero-order chi connectivity index (χ0) is 20.7. The Balaban J connectivity index is 2.01. The van der Waals surface area contributed by atoms with Crippen LogP contribution in [-0.2, 0) is 0 Å². The predicted octanol–water partition coefficient (Wildman–Crippen LogP) is 4.10. The number of ether oxygens (including phenoxy) is 2. The number of benzene rings is 2. The quantitative estimate of drug-likeness (QED) is 0.620. The van der Waals surface area contributed by atoms with Gasteiger partial charge in [0.15, 0.2) is 11.5 Å². The lowest BCUT2D eigenvalue weighted by Crippen LogP contribution is -2.42. The van der Waals surface area contributed by atoms with Crippen molar-refractivity contribution in [2.75, 3.05) is 13.7 Å². The molecule has 0 spiro atoms. The largest absolute Gasteiger partial charge is 0.493 e. The zero-order valence-corrected chi connectivity index (χ0v) is 17.4. The highest BCUT2D eigenvalue weighted by atomic mass is 79.9. The van der Waals surface area contributed by atoms with E-state index in [-0.39, 0.29) is 11.1 Å². The fraction of sp³-hybridized carbons (Fsp3) is 0.300. The number of methoxy groups -OCH3 is 1. The van der Waals surface area contributed by atoms with Gasteiger partial charge < -0.3 is 9.47 Å². The molecule has 0 aromatic heterocycles. The minimum atomic E-state index is -0.771. The Morgan fingerprint density at radius 3 is 2.46 bits per heavy atom. The Bertz CT molecular complexity index is 858. The molecule has 0 unspecified atom stereocenters. The van der Waals surface area contributed by atoms with E-state index >= 15 is 0 Å². The van der Waals surface area contributed by atoms with E-state index in [0.29, 0.717) is 28.5 Å². The van der Waals surface area contributed by atoms with E-state index in [9.17, 15) is 14.0 Å². The summed E-state index contributed by atoms with van der Waals surface area (Å²) < 4.78 is 25.2. The van der Waals surface area contributed by atoms with Gasteiger partial charge in [-0.3, -0.25) is 20.4 Å². The zero-order valence-electron chi connectivity index (χ0n) is 15.8. The topological polar surface area (TPSA) is 76.7 Å². The van der Waals surface area contributed by atoms with Crippen LogP contribution >= 0.6 is 15.9 Å². The first-order valence-electron chi connectivity index (χ1n) is 8.68. The number of carbonyl (C=O) groups excluding carboxylic acids is 2. The van der Waals surface area contributed by atoms with Gasteiger partial charge in [0.2, 0.25) is 0 Å². The Morgan fingerprint density at radius 1 is 1.07 bits per heavy atom. The van der Waals surface area contributed by atoms with Gasteiger partial charge in [0.25, 0.3) is 11.8 Å². The molecule has 28 heavy (non-hydrogen) atoms. The summed E-state index contributed by atoms with van der Waals surface area (Å²) in [6.07, 6.45) is 0.892. The van der Waals surface area contributed by atoms with E-state index in [4.69, 9.17) is 9.47 Å². The number of carbonyl (C=O) groups is 2. The lowest BCUT2D eigenvalue weighted by Gasteiger charge is -2.13. The van der Waals surface area contributed by atoms with Crippen LogP contribution in [0.2, 0.25) is 0 Å². The van der Waals surface area contributed by atoms with Gasteiger partial charge in [-0.05, 0) is 48.7 Å². The first kappa shape index (κ1) is 21.7. The summed E-state index contributed by atoms with van der Waals surface area (Å²) >= 11 is 3.17. The average Bonchev–Trinajstić information content (AvgIpc) is 2.67. The molecule has 8 heteroatoms. The van der Waals surface area contributed by atoms with Gasteiger partial charge >= 0.3 is 0 Å². The first-order valence-corrected chi connectivity index (χ1v) is 9.47. The summed E-state index contributed by atoms with van der Waals surface area (Å²) in [6, 6.07) is 8.64. The van der Waals surface area contributed by atoms with E-state index in [2.05, 4.69) is 40.6 Å². The Kier molecular flexibility index (Phi) is 7.80. The fourth-order valence-electron chi connectivity index (χ4n) is 2.26. The van der Waals surface area contributed by atoms with E-state index in [0.717, 1.165) is 12.5 Å². The number of amides is 2. The minimum Gasteiger partial charge on any atom is -0.493 e. The molecule has 2 aromatic carbocycles. The molecule has 0 saturated carbocycles. The van der Waals surface area contributed by atoms with Crippen LogP contribution in [0.1, 0.15) is 41.0 Å². The normalized spacial score (nSPS) is 10.5. The second kappa shape index (κ2) is 10.1. The molecule has 2 N–H and O–H groups in total. The third-order valence-corrected chi connectivity index (χ3v) is 4.33. The number of halogens is 2. The smallest absolute Gasteiger partial charge is 0.272 e. The van der Waals surface area contributed by atoms with Gasteiger partial charge in [-0.15, -0.1) is 0 Å². The molecule has 2 amide bonds. The molecule has 0 aliphatic carbocycles. The van der Waals surface area contributed by atoms with Crippen LogP contribution in [0.5, 0.6) is 11.5 Å². The molecule has 2 aromatic rings. The maximum atomic E-state index is 13.7. The number of hydrogen-bond donors (Lipinski definition) is 2. The van der Waals surface area contributed by atoms with Gasteiger partial charge in [0.05, 0.1) is 19.3 Å². The summed E-state index contributed by atoms with van der Waals surface area (Å²) in [6.45, 7) is 4.73. The van der Waals surface area contributed by atoms with Crippen molar-refractivity contribution in [2.45, 2.75) is 20.3 Å². The van der Waals surface area contributed by atoms with Gasteiger partial charge in [-0.1, -0.05) is 29.8 Å². The molecule has 2 rings (SSSR count). The third kappa shape index (κ3) is 5.95. The van der Waals surface area contributed by atoms with Gasteiger partial charge in [0, 0.05) is 10.0 Å². The number of hydrogen-bond acceptors (Lipinski definition) is 4. The molecule has 0 bridgehead atoms. The summed E-state index contributed by atoms with van der Waals surface area (Å²) in [5, 5.41) is 0. The van der Waals surface area contributed by atoms with Crippen molar-refractivity contribution in [3.05, 3.63) is 57.8 Å². The SMILES string of the molecule is COc1cc(C(=O)NNC(=O)c2cc(Br)ccc2F)ccc1OCCC(C)C. The lowest BCUT2D eigenvalue weighted by atomic mass is 10.1. The summed E-state index contributed by atoms with van der Waals surface area (Å²) in [5.74, 6) is -0.599. The molecular weight excluding hydrogens is 431 g/mol. The summed E-state index contributed by atoms with van der Waals surface area (Å²) in [4.78, 5) is 24.4. The summed E-state index contributed by atoms with van der Waals surface area (Å²) in [5.41, 5.74) is 4.51. The number of nitrogens with one attached hydrogen (secondary N) is 2. The second-order valence-corrected chi connectivity index (χ2v) is 7.34. The van der Waals surface area contributed by atoms with E-state index < -0.39 is 17.6 Å². The molecule has 0 radical (unpaired) electrons. The van der Waals surface area contributed by atoms with Crippen LogP contribution in [0.3, 0.4) is 0 Å². The molecular formula is C20H22BrFN2O4. The van der Waals surface area contributed by atoms with Crippen molar-refractivity contribution in [1.29, 1.82) is 0 Å². The Labute approximate surface area is 171 Å². The maximum Gasteiger partial charge on any atom is 0.272 e. The summed E-state index contributed by atoms with van der Waals surface area (Å²) in [7, 11) is 1.48. The highest BCUT2D eigenvalue weighted by molar-refractivity contribution is 9.10. The molecule has 6 nitrogen and oxygen atoms in total. The van der Waals surface area contributed by atoms with Gasteiger partial charge in [0.1, 0.15) is 5.82 Å². The van der Waals surface area contributed by atoms with E-state index in [1.807, 2.05) is 0 Å². The molecule has 0 heterocycles. The van der Waals surface area contributed by atoms with Crippen LogP contribution < -0.4 is 20.3 Å². The standard InChI is InChI=1S/C20H22BrFN2O4/c1-12(2)8-9-28-17-7-4-13(10-18(17)27-3)19(25)23-24-20(26)15-11-14(21)5-6-16(15)22/h4-7,10-12H,8-9H2,1-3H3,(H,23,25)(H,24,26). The second-order valence-electron chi connectivity index (χ2n) is 6.43. The first-order chi connectivity index (χ1) is 13.3. The molecule has 0 aliphatic rings. The van der Waals surface area contributed by atoms with Crippen molar-refractivity contribution in [3.63, 3.8) is 0 Å². The van der Waals surface area contributed by atoms with E-state index in [1.165, 1.54) is 25.3 Å². The van der Waals surface area contributed by atoms with Crippen LogP contribution in [0.4, 0.5) is 4.39 Å². The molecule has 0 aliphatic heterocycles. The van der Waals surface area contributed by atoms with Gasteiger partial charge in [-0.2, -0.15) is 0 Å². The minimum absolute atomic E-state index is 0.193. The molecule has 150 valence electrons. The Hall–Kier alpha value is -2.61. The molecule has 0 atom stereocenters. The monoisotopic (exact) mass is 452 g/mol. The molecule has 0 fully saturated rings. The fourth-order valence-corrected chi connectivity index (χ4v) is 2.62. The number of rotatable bonds is 7. The predicted molar refractivity (Wildman–Crippen MR) is 107 cm³/mol.